The molecule has 0 atom stereocenters. The summed E-state index contributed by atoms with van der Waals surface area (Å²) in [4.78, 5) is 6.43. The lowest BCUT2D eigenvalue weighted by Gasteiger charge is -2.27. The number of nitrogens with zero attached hydrogens (tertiary/aromatic N) is 2. The normalized spacial score (nSPS) is 17.6. The van der Waals surface area contributed by atoms with Crippen LogP contribution in [0.3, 0.4) is 0 Å². The lowest BCUT2D eigenvalue weighted by molar-refractivity contribution is 0.0675. The van der Waals surface area contributed by atoms with Gasteiger partial charge in [0.2, 0.25) is 0 Å². The minimum atomic E-state index is 0.551. The average Bonchev–Trinajstić information content (AvgIpc) is 2.33. The van der Waals surface area contributed by atoms with E-state index in [1.807, 2.05) is 29.2 Å². The molecule has 0 amide bonds. The van der Waals surface area contributed by atoms with Crippen molar-refractivity contribution in [1.82, 2.24) is 4.90 Å². The Morgan fingerprint density at radius 2 is 2.00 bits per heavy atom. The number of ether oxygens (including phenoxy) is 1. The van der Waals surface area contributed by atoms with Crippen molar-refractivity contribution >= 4 is 27.6 Å². The molecular formula is C11H14BrN3O. The van der Waals surface area contributed by atoms with E-state index >= 15 is 0 Å². The first-order valence-electron chi connectivity index (χ1n) is 5.19. The van der Waals surface area contributed by atoms with Gasteiger partial charge in [0, 0.05) is 17.6 Å². The fourth-order valence-corrected chi connectivity index (χ4v) is 1.90. The molecule has 1 aromatic carbocycles. The van der Waals surface area contributed by atoms with E-state index in [9.17, 15) is 0 Å². The number of benzene rings is 1. The second-order valence-corrected chi connectivity index (χ2v) is 4.38. The lowest BCUT2D eigenvalue weighted by Crippen LogP contribution is -2.44. The van der Waals surface area contributed by atoms with Gasteiger partial charge in [0.15, 0.2) is 5.96 Å². The van der Waals surface area contributed by atoms with Gasteiger partial charge in [0.1, 0.15) is 0 Å². The van der Waals surface area contributed by atoms with Crippen molar-refractivity contribution in [2.75, 3.05) is 26.3 Å². The summed E-state index contributed by atoms with van der Waals surface area (Å²) >= 11 is 3.44. The Hall–Kier alpha value is -1.07. The molecule has 0 radical (unpaired) electrons. The van der Waals surface area contributed by atoms with Crippen molar-refractivity contribution in [1.29, 1.82) is 0 Å². The third kappa shape index (κ3) is 2.74. The third-order valence-corrected chi connectivity index (χ3v) is 3.09. The Morgan fingerprint density at radius 1 is 1.31 bits per heavy atom. The molecule has 16 heavy (non-hydrogen) atoms. The predicted molar refractivity (Wildman–Crippen MR) is 67.8 cm³/mol. The van der Waals surface area contributed by atoms with Gasteiger partial charge >= 0.3 is 0 Å². The maximum Gasteiger partial charge on any atom is 0.196 e. The molecule has 5 heteroatoms. The van der Waals surface area contributed by atoms with Crippen LogP contribution >= 0.6 is 15.9 Å². The molecule has 1 aliphatic heterocycles. The van der Waals surface area contributed by atoms with Gasteiger partial charge in [-0.15, -0.1) is 0 Å². The van der Waals surface area contributed by atoms with E-state index in [0.717, 1.165) is 23.2 Å². The van der Waals surface area contributed by atoms with Crippen molar-refractivity contribution < 1.29 is 4.74 Å². The summed E-state index contributed by atoms with van der Waals surface area (Å²) in [5.41, 5.74) is 6.80. The zero-order valence-electron chi connectivity index (χ0n) is 8.90. The first kappa shape index (κ1) is 11.4. The van der Waals surface area contributed by atoms with E-state index in [0.29, 0.717) is 19.2 Å². The quantitative estimate of drug-likeness (QED) is 0.631. The molecule has 2 N–H and O–H groups in total. The molecule has 4 nitrogen and oxygen atoms in total. The number of hydrogen-bond acceptors (Lipinski definition) is 2. The third-order valence-electron chi connectivity index (χ3n) is 2.42. The number of aliphatic imine (C=N–C) groups is 1. The van der Waals surface area contributed by atoms with E-state index in [1.54, 1.807) is 0 Å². The Labute approximate surface area is 103 Å². The fourth-order valence-electron chi connectivity index (χ4n) is 1.53. The molecule has 1 heterocycles. The van der Waals surface area contributed by atoms with Crippen LogP contribution in [0.5, 0.6) is 0 Å². The van der Waals surface area contributed by atoms with Gasteiger partial charge in [-0.3, -0.25) is 0 Å². The van der Waals surface area contributed by atoms with Crippen molar-refractivity contribution in [2.45, 2.75) is 0 Å². The molecule has 2 rings (SSSR count). The standard InChI is InChI=1S/C11H14BrN3O/c12-9-3-1-2-4-10(9)14-11(13)15-5-7-16-8-6-15/h1-4H,5-8H2,(H2,13,14). The molecule has 1 fully saturated rings. The Bertz CT molecular complexity index is 389. The minimum Gasteiger partial charge on any atom is -0.378 e. The van der Waals surface area contributed by atoms with Gasteiger partial charge in [-0.1, -0.05) is 12.1 Å². The molecule has 86 valence electrons. The molecule has 1 saturated heterocycles. The summed E-state index contributed by atoms with van der Waals surface area (Å²) in [7, 11) is 0. The molecule has 1 aromatic rings. The molecule has 0 bridgehead atoms. The van der Waals surface area contributed by atoms with Crippen LogP contribution in [0.25, 0.3) is 0 Å². The second kappa shape index (κ2) is 5.32. The summed E-state index contributed by atoms with van der Waals surface area (Å²) in [5.74, 6) is 0.551. The van der Waals surface area contributed by atoms with Crippen LogP contribution in [0.2, 0.25) is 0 Å². The molecular weight excluding hydrogens is 270 g/mol. The highest BCUT2D eigenvalue weighted by molar-refractivity contribution is 9.10. The first-order valence-corrected chi connectivity index (χ1v) is 5.98. The van der Waals surface area contributed by atoms with Crippen LogP contribution in [0.15, 0.2) is 33.7 Å². The van der Waals surface area contributed by atoms with E-state index in [4.69, 9.17) is 10.5 Å². The molecule has 0 aromatic heterocycles. The van der Waals surface area contributed by atoms with Crippen LogP contribution in [0.1, 0.15) is 0 Å². The van der Waals surface area contributed by atoms with Crippen LogP contribution in [-0.2, 0) is 4.74 Å². The van der Waals surface area contributed by atoms with E-state index in [-0.39, 0.29) is 0 Å². The molecule has 0 spiro atoms. The van der Waals surface area contributed by atoms with E-state index in [2.05, 4.69) is 20.9 Å². The maximum absolute atomic E-state index is 5.95. The van der Waals surface area contributed by atoms with E-state index in [1.165, 1.54) is 0 Å². The number of hydrogen-bond donors (Lipinski definition) is 1. The number of nitrogens with two attached hydrogens (primary N) is 1. The van der Waals surface area contributed by atoms with E-state index < -0.39 is 0 Å². The molecule has 1 aliphatic rings. The average molecular weight is 284 g/mol. The number of morpholine rings is 1. The van der Waals surface area contributed by atoms with Crippen LogP contribution in [0.4, 0.5) is 5.69 Å². The second-order valence-electron chi connectivity index (χ2n) is 3.52. The Kier molecular flexibility index (Phi) is 3.79. The lowest BCUT2D eigenvalue weighted by atomic mass is 10.3. The predicted octanol–water partition coefficient (Wildman–Crippen LogP) is 1.73. The first-order chi connectivity index (χ1) is 7.77. The van der Waals surface area contributed by atoms with Gasteiger partial charge in [-0.05, 0) is 28.1 Å². The van der Waals surface area contributed by atoms with Crippen LogP contribution < -0.4 is 5.73 Å². The van der Waals surface area contributed by atoms with Gasteiger partial charge in [0.25, 0.3) is 0 Å². The zero-order chi connectivity index (χ0) is 11.4. The van der Waals surface area contributed by atoms with Crippen LogP contribution in [-0.4, -0.2) is 37.2 Å². The minimum absolute atomic E-state index is 0.551. The number of halogens is 1. The van der Waals surface area contributed by atoms with Crippen molar-refractivity contribution in [3.8, 4) is 0 Å². The van der Waals surface area contributed by atoms with Crippen molar-refractivity contribution in [3.63, 3.8) is 0 Å². The SMILES string of the molecule is NC(=Nc1ccccc1Br)N1CCOCC1. The summed E-state index contributed by atoms with van der Waals surface area (Å²) in [6.45, 7) is 3.04. The van der Waals surface area contributed by atoms with Gasteiger partial charge in [0.05, 0.1) is 18.9 Å². The largest absolute Gasteiger partial charge is 0.378 e. The maximum atomic E-state index is 5.95. The Morgan fingerprint density at radius 3 is 2.69 bits per heavy atom. The van der Waals surface area contributed by atoms with Gasteiger partial charge in [-0.2, -0.15) is 0 Å². The van der Waals surface area contributed by atoms with Crippen molar-refractivity contribution in [2.24, 2.45) is 10.7 Å². The number of para-hydroxylation sites is 1. The summed E-state index contributed by atoms with van der Waals surface area (Å²) < 4.78 is 6.21. The monoisotopic (exact) mass is 283 g/mol. The van der Waals surface area contributed by atoms with Gasteiger partial charge in [-0.25, -0.2) is 4.99 Å². The summed E-state index contributed by atoms with van der Waals surface area (Å²) in [6, 6.07) is 7.77. The van der Waals surface area contributed by atoms with Crippen LogP contribution in [0, 0.1) is 0 Å². The summed E-state index contributed by atoms with van der Waals surface area (Å²) in [6.07, 6.45) is 0. The fraction of sp³-hybridized carbons (Fsp3) is 0.364. The highest BCUT2D eigenvalue weighted by Gasteiger charge is 2.12. The highest BCUT2D eigenvalue weighted by Crippen LogP contribution is 2.24. The molecule has 0 aliphatic carbocycles. The zero-order valence-corrected chi connectivity index (χ0v) is 10.5. The number of guanidine groups is 1. The smallest absolute Gasteiger partial charge is 0.196 e. The highest BCUT2D eigenvalue weighted by atomic mass is 79.9. The van der Waals surface area contributed by atoms with Crippen molar-refractivity contribution in [3.05, 3.63) is 28.7 Å². The molecule has 0 unspecified atom stereocenters. The molecule has 0 saturated carbocycles. The van der Waals surface area contributed by atoms with Gasteiger partial charge < -0.3 is 15.4 Å². The Balaban J connectivity index is 2.13. The summed E-state index contributed by atoms with van der Waals surface area (Å²) in [5, 5.41) is 0. The number of rotatable bonds is 1. The topological polar surface area (TPSA) is 50.8 Å².